The summed E-state index contributed by atoms with van der Waals surface area (Å²) in [6, 6.07) is 0.217. The zero-order valence-corrected chi connectivity index (χ0v) is 13.6. The number of amides is 1. The lowest BCUT2D eigenvalue weighted by atomic mass is 10.2. The van der Waals surface area contributed by atoms with Crippen molar-refractivity contribution in [3.05, 3.63) is 26.7 Å². The van der Waals surface area contributed by atoms with Gasteiger partial charge in [-0.2, -0.15) is 22.0 Å². The van der Waals surface area contributed by atoms with Crippen molar-refractivity contribution in [1.82, 2.24) is 5.65 Å². The summed E-state index contributed by atoms with van der Waals surface area (Å²) in [4.78, 5) is 7.10. The van der Waals surface area contributed by atoms with E-state index in [4.69, 9.17) is 34.8 Å². The Morgan fingerprint density at radius 3 is 2.00 bits per heavy atom. The maximum absolute atomic E-state index is 12.9. The molecule has 22 heavy (non-hydrogen) atoms. The molecule has 0 bridgehead atoms. The van der Waals surface area contributed by atoms with E-state index in [0.29, 0.717) is 5.65 Å². The molecule has 0 atom stereocenters. The minimum atomic E-state index is -4.96. The summed E-state index contributed by atoms with van der Waals surface area (Å²) < 4.78 is 76.5. The Morgan fingerprint density at radius 1 is 1.14 bits per heavy atom. The Kier molecular flexibility index (Phi) is 5.89. The number of nitrogens with one attached hydrogen (secondary N) is 1. The summed E-state index contributed by atoms with van der Waals surface area (Å²) in [7, 11) is 0. The molecular formula is C9H2BrCl3F6N2O. The maximum Gasteiger partial charge on any atom is 0.417 e. The number of halogens is 10. The predicted molar refractivity (Wildman–Crippen MR) is 72.1 cm³/mol. The molecule has 3 nitrogen and oxygen atoms in total. The lowest BCUT2D eigenvalue weighted by molar-refractivity contribution is -0.137. The molecule has 1 aromatic rings. The van der Waals surface area contributed by atoms with Crippen LogP contribution < -0.4 is 10.7 Å². The van der Waals surface area contributed by atoms with Crippen molar-refractivity contribution >= 4 is 62.3 Å². The summed E-state index contributed by atoms with van der Waals surface area (Å²) in [6.07, 6.45) is -4.96. The molecule has 124 valence electrons. The van der Waals surface area contributed by atoms with Crippen LogP contribution in [0.5, 0.6) is 0 Å². The number of carbonyl (C=O) groups excluding carboxylic acids is 1. The van der Waals surface area contributed by atoms with Gasteiger partial charge in [0, 0.05) is 15.9 Å². The fourth-order valence-corrected chi connectivity index (χ4v) is 2.36. The molecule has 1 amide bonds. The van der Waals surface area contributed by atoms with Crippen LogP contribution in [0.1, 0.15) is 5.56 Å². The van der Waals surface area contributed by atoms with Crippen LogP contribution in [0.3, 0.4) is 0 Å². The third-order valence-corrected chi connectivity index (χ3v) is 3.68. The highest BCUT2D eigenvalue weighted by Crippen LogP contribution is 2.46. The van der Waals surface area contributed by atoms with E-state index >= 15 is 0 Å². The van der Waals surface area contributed by atoms with Gasteiger partial charge in [-0.3, -0.25) is 4.79 Å². The zero-order chi connectivity index (χ0) is 17.5. The fraction of sp³-hybridized carbons (Fsp3) is 0.222. The lowest BCUT2D eigenvalue weighted by Crippen LogP contribution is -2.46. The van der Waals surface area contributed by atoms with E-state index in [1.54, 1.807) is 15.9 Å². The van der Waals surface area contributed by atoms with E-state index in [0.717, 1.165) is 0 Å². The van der Waals surface area contributed by atoms with Crippen molar-refractivity contribution in [2.24, 2.45) is 0 Å². The van der Waals surface area contributed by atoms with Crippen molar-refractivity contribution in [1.29, 1.82) is 0 Å². The number of rotatable bonds is 3. The molecule has 0 aliphatic heterocycles. The minimum Gasteiger partial charge on any atom is -0.265 e. The summed E-state index contributed by atoms with van der Waals surface area (Å²) in [5.41, 5.74) is -1.93. The summed E-state index contributed by atoms with van der Waals surface area (Å²) in [6.45, 7) is 0. The number of hydrazine groups is 1. The van der Waals surface area contributed by atoms with Gasteiger partial charge in [0.05, 0.1) is 20.6 Å². The third kappa shape index (κ3) is 3.91. The van der Waals surface area contributed by atoms with Crippen molar-refractivity contribution < 1.29 is 31.2 Å². The molecule has 0 unspecified atom stereocenters. The van der Waals surface area contributed by atoms with Crippen molar-refractivity contribution in [3.63, 3.8) is 0 Å². The molecule has 0 aromatic heterocycles. The summed E-state index contributed by atoms with van der Waals surface area (Å²) >= 11 is 18.0. The number of benzene rings is 1. The molecule has 0 saturated heterocycles. The van der Waals surface area contributed by atoms with E-state index in [9.17, 15) is 31.2 Å². The van der Waals surface area contributed by atoms with Gasteiger partial charge in [0.1, 0.15) is 5.69 Å². The van der Waals surface area contributed by atoms with Crippen LogP contribution in [0, 0.1) is 0 Å². The van der Waals surface area contributed by atoms with Gasteiger partial charge in [-0.25, -0.2) is 5.01 Å². The van der Waals surface area contributed by atoms with E-state index in [2.05, 4.69) is 0 Å². The fourth-order valence-electron chi connectivity index (χ4n) is 1.31. The number of alkyl halides is 6. The first-order chi connectivity index (χ1) is 9.82. The van der Waals surface area contributed by atoms with Gasteiger partial charge in [-0.05, 0) is 6.07 Å². The van der Waals surface area contributed by atoms with Crippen LogP contribution >= 0.6 is 50.7 Å². The SMILES string of the molecule is O=C(N(NF)c1c(Cl)cc(C(F)(F)F)c(Cl)c1Cl)C(F)(F)Br. The number of carbonyl (C=O) groups is 1. The Morgan fingerprint density at radius 2 is 1.64 bits per heavy atom. The summed E-state index contributed by atoms with van der Waals surface area (Å²) in [5, 5.41) is -3.60. The Hall–Kier alpha value is -0.420. The van der Waals surface area contributed by atoms with E-state index < -0.39 is 48.2 Å². The zero-order valence-electron chi connectivity index (χ0n) is 9.71. The highest BCUT2D eigenvalue weighted by atomic mass is 79.9. The Bertz CT molecular complexity index is 606. The number of nitrogens with zero attached hydrogens (tertiary/aromatic N) is 1. The standard InChI is InChI=1S/C9H2BrCl3F6N2O/c10-8(14,15)7(22)21(20-19)6-3(11)1-2(9(16,17)18)4(12)5(6)13/h1,20H. The molecule has 0 saturated carbocycles. The minimum absolute atomic E-state index is 0.217. The van der Waals surface area contributed by atoms with Gasteiger partial charge in [0.2, 0.25) is 0 Å². The van der Waals surface area contributed by atoms with Crippen LogP contribution in [0.15, 0.2) is 6.07 Å². The second kappa shape index (κ2) is 6.60. The second-order valence-corrected chi connectivity index (χ2v) is 5.76. The molecule has 13 heteroatoms. The van der Waals surface area contributed by atoms with Gasteiger partial charge in [-0.15, -0.1) is 4.48 Å². The van der Waals surface area contributed by atoms with E-state index in [-0.39, 0.29) is 6.07 Å². The topological polar surface area (TPSA) is 32.3 Å². The van der Waals surface area contributed by atoms with Gasteiger partial charge in [0.25, 0.3) is 0 Å². The summed E-state index contributed by atoms with van der Waals surface area (Å²) in [5.74, 6) is -2.23. The molecule has 0 aliphatic rings. The van der Waals surface area contributed by atoms with Crippen molar-refractivity contribution in [2.45, 2.75) is 11.0 Å². The van der Waals surface area contributed by atoms with Crippen LogP contribution in [0.2, 0.25) is 15.1 Å². The average Bonchev–Trinajstić information content (AvgIpc) is 2.35. The Labute approximate surface area is 142 Å². The Balaban J connectivity index is 3.55. The monoisotopic (exact) mass is 452 g/mol. The van der Waals surface area contributed by atoms with Gasteiger partial charge < -0.3 is 0 Å². The normalized spacial score (nSPS) is 12.5. The third-order valence-electron chi connectivity index (χ3n) is 2.19. The van der Waals surface area contributed by atoms with Crippen molar-refractivity contribution in [3.8, 4) is 0 Å². The van der Waals surface area contributed by atoms with Gasteiger partial charge in [0.15, 0.2) is 0 Å². The quantitative estimate of drug-likeness (QED) is 0.219. The molecule has 0 radical (unpaired) electrons. The molecule has 0 fully saturated rings. The molecule has 0 aliphatic carbocycles. The van der Waals surface area contributed by atoms with Gasteiger partial charge in [-0.1, -0.05) is 40.5 Å². The molecule has 1 aromatic carbocycles. The van der Waals surface area contributed by atoms with Crippen LogP contribution in [-0.2, 0) is 11.0 Å². The van der Waals surface area contributed by atoms with Crippen LogP contribution in [0.4, 0.5) is 32.1 Å². The lowest BCUT2D eigenvalue weighted by Gasteiger charge is -2.24. The largest absolute Gasteiger partial charge is 0.417 e. The molecular weight excluding hydrogens is 452 g/mol. The van der Waals surface area contributed by atoms with Crippen LogP contribution in [0.25, 0.3) is 0 Å². The smallest absolute Gasteiger partial charge is 0.265 e. The van der Waals surface area contributed by atoms with Crippen LogP contribution in [-0.4, -0.2) is 10.7 Å². The van der Waals surface area contributed by atoms with Crippen molar-refractivity contribution in [2.75, 3.05) is 5.01 Å². The first kappa shape index (κ1) is 19.6. The molecule has 1 rings (SSSR count). The van der Waals surface area contributed by atoms with E-state index in [1.807, 2.05) is 0 Å². The highest BCUT2D eigenvalue weighted by molar-refractivity contribution is 9.10. The molecule has 0 heterocycles. The predicted octanol–water partition coefficient (Wildman–Crippen LogP) is 5.38. The number of hydrogen-bond acceptors (Lipinski definition) is 2. The first-order valence-corrected chi connectivity index (χ1v) is 6.77. The average molecular weight is 454 g/mol. The second-order valence-electron chi connectivity index (χ2n) is 3.60. The molecule has 1 N–H and O–H groups in total. The first-order valence-electron chi connectivity index (χ1n) is 4.84. The number of hydrogen-bond donors (Lipinski definition) is 1. The van der Waals surface area contributed by atoms with E-state index in [1.165, 1.54) is 0 Å². The molecule has 0 spiro atoms. The maximum atomic E-state index is 12.9. The van der Waals surface area contributed by atoms with Gasteiger partial charge >= 0.3 is 16.9 Å². The highest BCUT2D eigenvalue weighted by Gasteiger charge is 2.43. The number of anilines is 1.